The van der Waals surface area contributed by atoms with E-state index in [9.17, 15) is 0 Å². The Hall–Kier alpha value is -1.27. The maximum absolute atomic E-state index is 6.11. The smallest absolute Gasteiger partial charge is 0.222 e. The van der Waals surface area contributed by atoms with Crippen LogP contribution in [0.15, 0.2) is 38.4 Å². The van der Waals surface area contributed by atoms with Crippen LogP contribution < -0.4 is 9.47 Å². The lowest BCUT2D eigenvalue weighted by Crippen LogP contribution is -2.07. The van der Waals surface area contributed by atoms with Crippen molar-refractivity contribution in [1.82, 2.24) is 0 Å². The van der Waals surface area contributed by atoms with Crippen LogP contribution in [0.2, 0.25) is 0 Å². The van der Waals surface area contributed by atoms with Crippen LogP contribution in [0.4, 0.5) is 0 Å². The second kappa shape index (κ2) is 16.4. The average Bonchev–Trinajstić information content (AvgIpc) is 2.73. The fourth-order valence-electron chi connectivity index (χ4n) is 2.57. The van der Waals surface area contributed by atoms with Crippen molar-refractivity contribution in [3.05, 3.63) is 44.4 Å². The Morgan fingerprint density at radius 1 is 0.871 bits per heavy atom. The molecule has 1 aromatic rings. The Balaban J connectivity index is 2.47. The minimum absolute atomic E-state index is 0.141. The largest absolute Gasteiger partial charge is 0.493 e. The number of hydrogen-bond donors (Lipinski definition) is 0. The number of hydrogen-bond acceptors (Lipinski definition) is 5. The standard InChI is InChI=1S/C22H29Cl4NO4/c1-4-17-14-19(29-12-8-20(23)24)15-18(5-2)22(17)30-11-7-6-10-28-16(3)27-31-13-9-21(25)26/h8-9,14-15H,4-7,10-13H2,1-3H3. The lowest BCUT2D eigenvalue weighted by atomic mass is 10.0. The second-order valence-electron chi connectivity index (χ2n) is 6.39. The summed E-state index contributed by atoms with van der Waals surface area (Å²) in [7, 11) is 0. The summed E-state index contributed by atoms with van der Waals surface area (Å²) in [5.41, 5.74) is 2.22. The van der Waals surface area contributed by atoms with Crippen molar-refractivity contribution in [1.29, 1.82) is 0 Å². The number of rotatable bonds is 14. The molecule has 9 heteroatoms. The van der Waals surface area contributed by atoms with E-state index in [1.54, 1.807) is 13.0 Å². The normalized spacial score (nSPS) is 11.0. The molecular weight excluding hydrogens is 484 g/mol. The summed E-state index contributed by atoms with van der Waals surface area (Å²) in [5.74, 6) is 2.16. The van der Waals surface area contributed by atoms with E-state index in [2.05, 4.69) is 19.0 Å². The zero-order valence-corrected chi connectivity index (χ0v) is 21.1. The first kappa shape index (κ1) is 27.8. The van der Waals surface area contributed by atoms with Crippen LogP contribution in [0, 0.1) is 0 Å². The highest BCUT2D eigenvalue weighted by Crippen LogP contribution is 2.31. The van der Waals surface area contributed by atoms with Gasteiger partial charge in [0.05, 0.1) is 13.2 Å². The maximum Gasteiger partial charge on any atom is 0.222 e. The third-order valence-corrected chi connectivity index (χ3v) is 4.68. The van der Waals surface area contributed by atoms with Crippen molar-refractivity contribution < 1.29 is 19.0 Å². The molecule has 0 saturated heterocycles. The topological polar surface area (TPSA) is 49.3 Å². The molecule has 0 N–H and O–H groups in total. The van der Waals surface area contributed by atoms with E-state index in [4.69, 9.17) is 65.5 Å². The summed E-state index contributed by atoms with van der Waals surface area (Å²) >= 11 is 22.2. The van der Waals surface area contributed by atoms with E-state index in [0.717, 1.165) is 48.3 Å². The zero-order valence-electron chi connectivity index (χ0n) is 18.1. The van der Waals surface area contributed by atoms with Crippen LogP contribution in [0.5, 0.6) is 11.5 Å². The summed E-state index contributed by atoms with van der Waals surface area (Å²) in [5, 5.41) is 3.82. The van der Waals surface area contributed by atoms with Gasteiger partial charge in [0.25, 0.3) is 0 Å². The number of benzene rings is 1. The SMILES string of the molecule is CCc1cc(OCC=C(Cl)Cl)cc(CC)c1OCCCCOC(C)=NOCC=C(Cl)Cl. The van der Waals surface area contributed by atoms with Crippen LogP contribution in [-0.4, -0.2) is 32.3 Å². The Bertz CT molecular complexity index is 733. The number of oxime groups is 1. The van der Waals surface area contributed by atoms with Gasteiger partial charge in [0, 0.05) is 6.92 Å². The Labute approximate surface area is 204 Å². The lowest BCUT2D eigenvalue weighted by molar-refractivity contribution is 0.156. The van der Waals surface area contributed by atoms with Gasteiger partial charge in [-0.05, 0) is 61.1 Å². The molecular formula is C22H29Cl4NO4. The fraction of sp³-hybridized carbons (Fsp3) is 0.500. The molecule has 0 atom stereocenters. The highest BCUT2D eigenvalue weighted by atomic mass is 35.5. The zero-order chi connectivity index (χ0) is 23.1. The third kappa shape index (κ3) is 12.4. The van der Waals surface area contributed by atoms with Gasteiger partial charge in [-0.3, -0.25) is 0 Å². The average molecular weight is 513 g/mol. The molecule has 0 bridgehead atoms. The summed E-state index contributed by atoms with van der Waals surface area (Å²) in [6.07, 6.45) is 6.47. The molecule has 0 saturated carbocycles. The predicted molar refractivity (Wildman–Crippen MR) is 130 cm³/mol. The van der Waals surface area contributed by atoms with Crippen LogP contribution in [0.1, 0.15) is 44.7 Å². The number of aryl methyl sites for hydroxylation is 2. The van der Waals surface area contributed by atoms with Gasteiger partial charge in [0.1, 0.15) is 33.7 Å². The molecule has 0 amide bonds. The molecule has 5 nitrogen and oxygen atoms in total. The van der Waals surface area contributed by atoms with Gasteiger partial charge in [-0.1, -0.05) is 65.4 Å². The van der Waals surface area contributed by atoms with Gasteiger partial charge >= 0.3 is 0 Å². The van der Waals surface area contributed by atoms with Crippen LogP contribution in [-0.2, 0) is 22.4 Å². The molecule has 0 aliphatic rings. The van der Waals surface area contributed by atoms with Crippen molar-refractivity contribution >= 4 is 52.3 Å². The molecule has 174 valence electrons. The molecule has 0 aromatic heterocycles. The number of halogens is 4. The highest BCUT2D eigenvalue weighted by Gasteiger charge is 2.11. The fourth-order valence-corrected chi connectivity index (χ4v) is 2.82. The molecule has 0 aliphatic carbocycles. The summed E-state index contributed by atoms with van der Waals surface area (Å²) in [4.78, 5) is 5.01. The van der Waals surface area contributed by atoms with Gasteiger partial charge in [0.2, 0.25) is 5.90 Å². The van der Waals surface area contributed by atoms with Gasteiger partial charge in [-0.2, -0.15) is 0 Å². The van der Waals surface area contributed by atoms with E-state index >= 15 is 0 Å². The number of nitrogens with zero attached hydrogens (tertiary/aromatic N) is 1. The predicted octanol–water partition coefficient (Wildman–Crippen LogP) is 7.35. The van der Waals surface area contributed by atoms with Crippen molar-refractivity contribution in [3.63, 3.8) is 0 Å². The van der Waals surface area contributed by atoms with Crippen molar-refractivity contribution in [3.8, 4) is 11.5 Å². The van der Waals surface area contributed by atoms with Crippen molar-refractivity contribution in [2.75, 3.05) is 26.4 Å². The molecule has 31 heavy (non-hydrogen) atoms. The molecule has 1 rings (SSSR count). The van der Waals surface area contributed by atoms with Crippen LogP contribution >= 0.6 is 46.4 Å². The summed E-state index contributed by atoms with van der Waals surface area (Å²) in [6, 6.07) is 4.00. The molecule has 1 aromatic carbocycles. The first-order chi connectivity index (χ1) is 14.9. The molecule has 0 heterocycles. The van der Waals surface area contributed by atoms with Gasteiger partial charge in [-0.15, -0.1) is 0 Å². The lowest BCUT2D eigenvalue weighted by Gasteiger charge is -2.17. The minimum atomic E-state index is 0.141. The summed E-state index contributed by atoms with van der Waals surface area (Å²) < 4.78 is 17.7. The number of ether oxygens (including phenoxy) is 3. The number of unbranched alkanes of at least 4 members (excludes halogenated alkanes) is 1. The van der Waals surface area contributed by atoms with Crippen molar-refractivity contribution in [2.24, 2.45) is 5.16 Å². The monoisotopic (exact) mass is 511 g/mol. The highest BCUT2D eigenvalue weighted by molar-refractivity contribution is 6.56. The first-order valence-corrected chi connectivity index (χ1v) is 11.6. The van der Waals surface area contributed by atoms with Gasteiger partial charge in [-0.25, -0.2) is 0 Å². The van der Waals surface area contributed by atoms with Gasteiger partial charge in [0.15, 0.2) is 0 Å². The van der Waals surface area contributed by atoms with Crippen LogP contribution in [0.3, 0.4) is 0 Å². The second-order valence-corrected chi connectivity index (χ2v) is 8.40. The third-order valence-electron chi connectivity index (χ3n) is 4.07. The van der Waals surface area contributed by atoms with Gasteiger partial charge < -0.3 is 19.0 Å². The Kier molecular flexibility index (Phi) is 14.7. The van der Waals surface area contributed by atoms with E-state index in [1.165, 1.54) is 6.08 Å². The molecule has 0 aliphatic heterocycles. The minimum Gasteiger partial charge on any atom is -0.493 e. The Morgan fingerprint density at radius 3 is 2.03 bits per heavy atom. The maximum atomic E-state index is 6.11. The molecule has 0 spiro atoms. The van der Waals surface area contributed by atoms with E-state index in [-0.39, 0.29) is 15.6 Å². The van der Waals surface area contributed by atoms with E-state index < -0.39 is 0 Å². The quantitative estimate of drug-likeness (QED) is 0.113. The molecule has 0 fully saturated rings. The van der Waals surface area contributed by atoms with E-state index in [0.29, 0.717) is 25.7 Å². The molecule has 0 unspecified atom stereocenters. The summed E-state index contributed by atoms with van der Waals surface area (Å²) in [6.45, 7) is 7.55. The molecule has 0 radical (unpaired) electrons. The van der Waals surface area contributed by atoms with Crippen molar-refractivity contribution in [2.45, 2.75) is 46.5 Å². The first-order valence-electron chi connectivity index (χ1n) is 10.1. The Morgan fingerprint density at radius 2 is 1.45 bits per heavy atom. The van der Waals surface area contributed by atoms with E-state index in [1.807, 2.05) is 12.1 Å². The van der Waals surface area contributed by atoms with Crippen LogP contribution in [0.25, 0.3) is 0 Å².